The largest absolute Gasteiger partial charge is 0.388 e. The molecule has 1 unspecified atom stereocenters. The van der Waals surface area contributed by atoms with Gasteiger partial charge in [-0.1, -0.05) is 24.3 Å². The highest BCUT2D eigenvalue weighted by Crippen LogP contribution is 2.40. The van der Waals surface area contributed by atoms with E-state index in [0.29, 0.717) is 6.42 Å². The molecule has 0 amide bonds. The Balaban J connectivity index is 1.76. The standard InChI is InChI=1S/C16H19BrN2O/c1-10-16(17)14(19(2)18-10)9-15(20)13-7-5-12(6-8-13)11-3-4-11/h5-8,11,15,20H,3-4,9H2,1-2H3. The lowest BCUT2D eigenvalue weighted by Gasteiger charge is -2.12. The summed E-state index contributed by atoms with van der Waals surface area (Å²) in [7, 11) is 1.91. The summed E-state index contributed by atoms with van der Waals surface area (Å²) in [5.41, 5.74) is 4.36. The Bertz CT molecular complexity index is 614. The molecule has 1 saturated carbocycles. The number of aromatic nitrogens is 2. The van der Waals surface area contributed by atoms with Crippen molar-refractivity contribution in [2.45, 2.75) is 38.2 Å². The number of hydrogen-bond donors (Lipinski definition) is 1. The van der Waals surface area contributed by atoms with Crippen LogP contribution in [0.3, 0.4) is 0 Å². The van der Waals surface area contributed by atoms with E-state index in [2.05, 4.69) is 45.3 Å². The number of aliphatic hydroxyl groups excluding tert-OH is 1. The number of benzene rings is 1. The van der Waals surface area contributed by atoms with Crippen molar-refractivity contribution in [3.8, 4) is 0 Å². The summed E-state index contributed by atoms with van der Waals surface area (Å²) in [5.74, 6) is 0.759. The van der Waals surface area contributed by atoms with Crippen LogP contribution in [-0.2, 0) is 13.5 Å². The second kappa shape index (κ2) is 5.34. The first-order chi connectivity index (χ1) is 9.56. The molecule has 0 radical (unpaired) electrons. The lowest BCUT2D eigenvalue weighted by atomic mass is 10.0. The molecule has 0 bridgehead atoms. The summed E-state index contributed by atoms with van der Waals surface area (Å²) in [4.78, 5) is 0. The Hall–Kier alpha value is -1.13. The van der Waals surface area contributed by atoms with Gasteiger partial charge in [0.2, 0.25) is 0 Å². The average Bonchev–Trinajstić information content (AvgIpc) is 3.24. The summed E-state index contributed by atoms with van der Waals surface area (Å²) in [6, 6.07) is 8.41. The van der Waals surface area contributed by atoms with Crippen LogP contribution in [0.2, 0.25) is 0 Å². The molecular formula is C16H19BrN2O. The minimum atomic E-state index is -0.491. The topological polar surface area (TPSA) is 38.0 Å². The van der Waals surface area contributed by atoms with Gasteiger partial charge in [-0.25, -0.2) is 0 Å². The molecule has 106 valence electrons. The maximum atomic E-state index is 10.4. The Morgan fingerprint density at radius 2 is 2.00 bits per heavy atom. The fourth-order valence-corrected chi connectivity index (χ4v) is 3.11. The quantitative estimate of drug-likeness (QED) is 0.926. The third-order valence-corrected chi connectivity index (χ3v) is 5.05. The van der Waals surface area contributed by atoms with Crippen LogP contribution < -0.4 is 0 Å². The van der Waals surface area contributed by atoms with Gasteiger partial charge in [0.05, 0.1) is 22.0 Å². The van der Waals surface area contributed by atoms with Crippen LogP contribution in [-0.4, -0.2) is 14.9 Å². The van der Waals surface area contributed by atoms with Crippen LogP contribution >= 0.6 is 15.9 Å². The maximum absolute atomic E-state index is 10.4. The molecule has 1 N–H and O–H groups in total. The third-order valence-electron chi connectivity index (χ3n) is 4.02. The molecule has 3 rings (SSSR count). The van der Waals surface area contributed by atoms with E-state index in [4.69, 9.17) is 0 Å². The second-order valence-corrected chi connectivity index (χ2v) is 6.42. The van der Waals surface area contributed by atoms with Crippen molar-refractivity contribution >= 4 is 15.9 Å². The molecule has 1 heterocycles. The van der Waals surface area contributed by atoms with Crippen molar-refractivity contribution in [2.75, 3.05) is 0 Å². The summed E-state index contributed by atoms with van der Waals surface area (Å²) in [5, 5.41) is 14.8. The third kappa shape index (κ3) is 2.67. The number of aryl methyl sites for hydroxylation is 2. The van der Waals surface area contributed by atoms with Crippen molar-refractivity contribution in [2.24, 2.45) is 7.05 Å². The van der Waals surface area contributed by atoms with Crippen molar-refractivity contribution in [3.05, 3.63) is 51.3 Å². The molecule has 0 saturated heterocycles. The number of hydrogen-bond acceptors (Lipinski definition) is 2. The van der Waals surface area contributed by atoms with Gasteiger partial charge in [0.15, 0.2) is 0 Å². The van der Waals surface area contributed by atoms with Gasteiger partial charge in [-0.15, -0.1) is 0 Å². The monoisotopic (exact) mass is 334 g/mol. The minimum absolute atomic E-state index is 0.491. The van der Waals surface area contributed by atoms with E-state index >= 15 is 0 Å². The average molecular weight is 335 g/mol. The van der Waals surface area contributed by atoms with E-state index in [9.17, 15) is 5.11 Å². The van der Waals surface area contributed by atoms with Crippen LogP contribution in [0.15, 0.2) is 28.7 Å². The van der Waals surface area contributed by atoms with Crippen molar-refractivity contribution < 1.29 is 5.11 Å². The van der Waals surface area contributed by atoms with Gasteiger partial charge in [-0.05, 0) is 52.7 Å². The Labute approximate surface area is 127 Å². The zero-order valence-corrected chi connectivity index (χ0v) is 13.4. The van der Waals surface area contributed by atoms with Crippen molar-refractivity contribution in [3.63, 3.8) is 0 Å². The molecule has 1 aromatic heterocycles. The molecule has 2 aromatic rings. The molecule has 0 aliphatic heterocycles. The number of rotatable bonds is 4. The zero-order valence-electron chi connectivity index (χ0n) is 11.8. The lowest BCUT2D eigenvalue weighted by Crippen LogP contribution is -2.07. The van der Waals surface area contributed by atoms with Gasteiger partial charge in [0, 0.05) is 13.5 Å². The SMILES string of the molecule is Cc1nn(C)c(CC(O)c2ccc(C3CC3)cc2)c1Br. The minimum Gasteiger partial charge on any atom is -0.388 e. The van der Waals surface area contributed by atoms with Crippen LogP contribution in [0.1, 0.15) is 47.4 Å². The van der Waals surface area contributed by atoms with Gasteiger partial charge in [0.1, 0.15) is 0 Å². The highest BCUT2D eigenvalue weighted by atomic mass is 79.9. The summed E-state index contributed by atoms with van der Waals surface area (Å²) in [6.45, 7) is 1.96. The lowest BCUT2D eigenvalue weighted by molar-refractivity contribution is 0.175. The van der Waals surface area contributed by atoms with E-state index in [0.717, 1.165) is 27.3 Å². The van der Waals surface area contributed by atoms with E-state index in [1.54, 1.807) is 0 Å². The normalized spacial score (nSPS) is 16.4. The molecular weight excluding hydrogens is 316 g/mol. The van der Waals surface area contributed by atoms with Crippen LogP contribution in [0.25, 0.3) is 0 Å². The zero-order chi connectivity index (χ0) is 14.3. The molecule has 1 aliphatic carbocycles. The number of aliphatic hydroxyl groups is 1. The molecule has 1 aliphatic rings. The van der Waals surface area contributed by atoms with Gasteiger partial charge < -0.3 is 5.11 Å². The molecule has 1 atom stereocenters. The predicted molar refractivity (Wildman–Crippen MR) is 82.7 cm³/mol. The highest BCUT2D eigenvalue weighted by Gasteiger charge is 2.23. The fourth-order valence-electron chi connectivity index (χ4n) is 2.61. The van der Waals surface area contributed by atoms with E-state index in [-0.39, 0.29) is 0 Å². The Morgan fingerprint density at radius 3 is 2.50 bits per heavy atom. The first-order valence-corrected chi connectivity index (χ1v) is 7.81. The molecule has 1 fully saturated rings. The second-order valence-electron chi connectivity index (χ2n) is 5.63. The van der Waals surface area contributed by atoms with E-state index < -0.39 is 6.10 Å². The van der Waals surface area contributed by atoms with E-state index in [1.165, 1.54) is 18.4 Å². The molecule has 20 heavy (non-hydrogen) atoms. The van der Waals surface area contributed by atoms with Crippen LogP contribution in [0, 0.1) is 6.92 Å². The summed E-state index contributed by atoms with van der Waals surface area (Å²) >= 11 is 3.55. The van der Waals surface area contributed by atoms with Gasteiger partial charge >= 0.3 is 0 Å². The number of nitrogens with zero attached hydrogens (tertiary/aromatic N) is 2. The fraction of sp³-hybridized carbons (Fsp3) is 0.438. The van der Waals surface area contributed by atoms with Gasteiger partial charge in [-0.3, -0.25) is 4.68 Å². The first-order valence-electron chi connectivity index (χ1n) is 7.02. The molecule has 1 aromatic carbocycles. The number of halogens is 1. The van der Waals surface area contributed by atoms with Gasteiger partial charge in [0.25, 0.3) is 0 Å². The van der Waals surface area contributed by atoms with Crippen LogP contribution in [0.4, 0.5) is 0 Å². The van der Waals surface area contributed by atoms with Crippen LogP contribution in [0.5, 0.6) is 0 Å². The highest BCUT2D eigenvalue weighted by molar-refractivity contribution is 9.10. The Kier molecular flexibility index (Phi) is 3.69. The van der Waals surface area contributed by atoms with Crippen molar-refractivity contribution in [1.82, 2.24) is 9.78 Å². The smallest absolute Gasteiger partial charge is 0.0845 e. The van der Waals surface area contributed by atoms with Gasteiger partial charge in [-0.2, -0.15) is 5.10 Å². The Morgan fingerprint density at radius 1 is 1.35 bits per heavy atom. The summed E-state index contributed by atoms with van der Waals surface area (Å²) in [6.07, 6.45) is 2.70. The first kappa shape index (κ1) is 13.8. The molecule has 3 nitrogen and oxygen atoms in total. The maximum Gasteiger partial charge on any atom is 0.0845 e. The molecule has 0 spiro atoms. The van der Waals surface area contributed by atoms with E-state index in [1.807, 2.05) is 18.7 Å². The predicted octanol–water partition coefficient (Wildman–Crippen LogP) is 3.64. The summed E-state index contributed by atoms with van der Waals surface area (Å²) < 4.78 is 2.83. The van der Waals surface area contributed by atoms with Crippen molar-refractivity contribution in [1.29, 1.82) is 0 Å². The molecule has 4 heteroatoms.